The van der Waals surface area contributed by atoms with Gasteiger partial charge in [0.25, 0.3) is 0 Å². The molecule has 2 aromatic carbocycles. The predicted octanol–water partition coefficient (Wildman–Crippen LogP) is 3.35. The average molecular weight is 398 g/mol. The molecule has 3 aromatic heterocycles. The molecule has 0 N–H and O–H groups in total. The van der Waals surface area contributed by atoms with Crippen molar-refractivity contribution in [1.82, 2.24) is 39.6 Å². The smallest absolute Gasteiger partial charge is 0.178 e. The number of hydrogen-bond donors (Lipinski definition) is 0. The second kappa shape index (κ2) is 7.55. The molecule has 0 aliphatic heterocycles. The fourth-order valence-corrected chi connectivity index (χ4v) is 3.70. The first-order chi connectivity index (χ1) is 14.8. The first-order valence-electron chi connectivity index (χ1n) is 10.1. The van der Waals surface area contributed by atoms with Gasteiger partial charge in [0.15, 0.2) is 11.5 Å². The Balaban J connectivity index is 1.46. The van der Waals surface area contributed by atoms with Gasteiger partial charge in [0, 0.05) is 23.7 Å². The lowest BCUT2D eigenvalue weighted by atomic mass is 10.0. The van der Waals surface area contributed by atoms with Gasteiger partial charge < -0.3 is 0 Å². The Morgan fingerprint density at radius 2 is 1.77 bits per heavy atom. The largest absolute Gasteiger partial charge is 0.266 e. The summed E-state index contributed by atoms with van der Waals surface area (Å²) < 4.78 is 5.74. The van der Waals surface area contributed by atoms with Crippen LogP contribution in [0.4, 0.5) is 0 Å². The van der Waals surface area contributed by atoms with E-state index in [2.05, 4.69) is 80.7 Å². The van der Waals surface area contributed by atoms with Crippen molar-refractivity contribution in [1.29, 1.82) is 0 Å². The van der Waals surface area contributed by atoms with E-state index < -0.39 is 0 Å². The topological polar surface area (TPSA) is 78.7 Å². The molecule has 5 rings (SSSR count). The summed E-state index contributed by atoms with van der Waals surface area (Å²) in [5.74, 6) is 0.878. The summed E-state index contributed by atoms with van der Waals surface area (Å²) in [5.41, 5.74) is 6.52. The van der Waals surface area contributed by atoms with Gasteiger partial charge in [0.05, 0.1) is 12.2 Å². The monoisotopic (exact) mass is 398 g/mol. The van der Waals surface area contributed by atoms with Gasteiger partial charge in [-0.25, -0.2) is 4.98 Å². The minimum Gasteiger partial charge on any atom is -0.266 e. The maximum absolute atomic E-state index is 4.66. The number of tetrazole rings is 1. The zero-order valence-corrected chi connectivity index (χ0v) is 17.0. The lowest BCUT2D eigenvalue weighted by Gasteiger charge is -2.10. The van der Waals surface area contributed by atoms with Crippen molar-refractivity contribution in [3.63, 3.8) is 0 Å². The van der Waals surface area contributed by atoms with Gasteiger partial charge in [-0.1, -0.05) is 56.3 Å². The number of rotatable bonds is 6. The van der Waals surface area contributed by atoms with Crippen molar-refractivity contribution >= 4 is 5.65 Å². The van der Waals surface area contributed by atoms with Crippen LogP contribution in [0.25, 0.3) is 22.5 Å². The molecule has 150 valence electrons. The van der Waals surface area contributed by atoms with E-state index >= 15 is 0 Å². The molecule has 0 spiro atoms. The molecule has 0 radical (unpaired) electrons. The molecule has 0 unspecified atom stereocenters. The molecule has 3 heterocycles. The molecule has 0 saturated heterocycles. The van der Waals surface area contributed by atoms with Crippen LogP contribution >= 0.6 is 0 Å². The van der Waals surface area contributed by atoms with Crippen molar-refractivity contribution in [2.24, 2.45) is 0 Å². The van der Waals surface area contributed by atoms with E-state index in [-0.39, 0.29) is 0 Å². The van der Waals surface area contributed by atoms with Crippen LogP contribution in [0.3, 0.4) is 0 Å². The highest BCUT2D eigenvalue weighted by molar-refractivity contribution is 5.72. The number of nitrogens with zero attached hydrogens (tertiary/aromatic N) is 8. The average Bonchev–Trinajstić information content (AvgIpc) is 3.52. The van der Waals surface area contributed by atoms with Crippen LogP contribution in [-0.4, -0.2) is 39.6 Å². The maximum Gasteiger partial charge on any atom is 0.178 e. The number of benzene rings is 2. The minimum absolute atomic E-state index is 0.734. The molecule has 0 aliphatic rings. The van der Waals surface area contributed by atoms with Crippen LogP contribution in [0.1, 0.15) is 30.8 Å². The molecule has 5 aromatic rings. The number of hydrogen-bond acceptors (Lipinski definition) is 5. The quantitative estimate of drug-likeness (QED) is 0.438. The SMILES string of the molecule is CCc1nc2c(CC)cn(Cc3ccc(-c4ccccc4-n4cnnn4)cc3)n2n1. The van der Waals surface area contributed by atoms with E-state index in [1.807, 2.05) is 22.8 Å². The zero-order valence-electron chi connectivity index (χ0n) is 17.0. The molecular weight excluding hydrogens is 376 g/mol. The number of aromatic nitrogens is 8. The van der Waals surface area contributed by atoms with Crippen LogP contribution in [0, 0.1) is 0 Å². The molecular formula is C22H22N8. The first kappa shape index (κ1) is 18.2. The molecule has 8 nitrogen and oxygen atoms in total. The summed E-state index contributed by atoms with van der Waals surface area (Å²) in [7, 11) is 0. The summed E-state index contributed by atoms with van der Waals surface area (Å²) in [6.07, 6.45) is 5.53. The van der Waals surface area contributed by atoms with Crippen LogP contribution in [0.2, 0.25) is 0 Å². The summed E-state index contributed by atoms with van der Waals surface area (Å²) in [6, 6.07) is 16.7. The molecule has 0 saturated carbocycles. The Labute approximate surface area is 173 Å². The highest BCUT2D eigenvalue weighted by Gasteiger charge is 2.13. The lowest BCUT2D eigenvalue weighted by molar-refractivity contribution is 0.580. The van der Waals surface area contributed by atoms with Gasteiger partial charge in [-0.15, -0.1) is 10.2 Å². The van der Waals surface area contributed by atoms with Crippen LogP contribution < -0.4 is 0 Å². The molecule has 0 fully saturated rings. The number of fused-ring (bicyclic) bond motifs is 1. The summed E-state index contributed by atoms with van der Waals surface area (Å²) in [4.78, 5) is 4.66. The van der Waals surface area contributed by atoms with Crippen molar-refractivity contribution < 1.29 is 0 Å². The fraction of sp³-hybridized carbons (Fsp3) is 0.227. The van der Waals surface area contributed by atoms with E-state index in [4.69, 9.17) is 0 Å². The zero-order chi connectivity index (χ0) is 20.5. The van der Waals surface area contributed by atoms with Crippen molar-refractivity contribution in [2.45, 2.75) is 33.2 Å². The molecule has 0 atom stereocenters. The Morgan fingerprint density at radius 1 is 0.933 bits per heavy atom. The second-order valence-electron chi connectivity index (χ2n) is 7.17. The summed E-state index contributed by atoms with van der Waals surface area (Å²) >= 11 is 0. The van der Waals surface area contributed by atoms with Gasteiger partial charge in [0.2, 0.25) is 0 Å². The third kappa shape index (κ3) is 3.16. The van der Waals surface area contributed by atoms with Gasteiger partial charge >= 0.3 is 0 Å². The molecule has 0 amide bonds. The van der Waals surface area contributed by atoms with Crippen molar-refractivity contribution in [3.8, 4) is 16.8 Å². The van der Waals surface area contributed by atoms with Gasteiger partial charge in [0.1, 0.15) is 6.33 Å². The Morgan fingerprint density at radius 3 is 2.50 bits per heavy atom. The fourth-order valence-electron chi connectivity index (χ4n) is 3.70. The lowest BCUT2D eigenvalue weighted by Crippen LogP contribution is -2.07. The molecule has 0 aliphatic carbocycles. The standard InChI is InChI=1S/C22H22N8/c1-3-17-14-28(30-22(17)24-21(4-2)25-30)13-16-9-11-18(12-10-16)19-7-5-6-8-20(19)29-15-23-26-27-29/h5-12,14-15H,3-4,13H2,1-2H3. The van der Waals surface area contributed by atoms with E-state index in [1.165, 1.54) is 11.1 Å². The van der Waals surface area contributed by atoms with Crippen molar-refractivity contribution in [3.05, 3.63) is 78.0 Å². The number of para-hydroxylation sites is 1. The minimum atomic E-state index is 0.734. The maximum atomic E-state index is 4.66. The summed E-state index contributed by atoms with van der Waals surface area (Å²) in [6.45, 7) is 4.96. The third-order valence-corrected chi connectivity index (χ3v) is 5.28. The van der Waals surface area contributed by atoms with Gasteiger partial charge in [-0.2, -0.15) is 9.31 Å². The van der Waals surface area contributed by atoms with Crippen LogP contribution in [0.15, 0.2) is 61.1 Å². The van der Waals surface area contributed by atoms with E-state index in [0.29, 0.717) is 0 Å². The second-order valence-corrected chi connectivity index (χ2v) is 7.17. The van der Waals surface area contributed by atoms with Crippen LogP contribution in [0.5, 0.6) is 0 Å². The third-order valence-electron chi connectivity index (χ3n) is 5.28. The summed E-state index contributed by atoms with van der Waals surface area (Å²) in [5, 5.41) is 16.2. The Bertz CT molecular complexity index is 1280. The Kier molecular flexibility index (Phi) is 4.59. The normalized spacial score (nSPS) is 11.4. The molecule has 0 bridgehead atoms. The van der Waals surface area contributed by atoms with E-state index in [0.717, 1.165) is 47.7 Å². The highest BCUT2D eigenvalue weighted by atomic mass is 15.5. The molecule has 8 heteroatoms. The predicted molar refractivity (Wildman–Crippen MR) is 113 cm³/mol. The van der Waals surface area contributed by atoms with Crippen LogP contribution in [-0.2, 0) is 19.4 Å². The van der Waals surface area contributed by atoms with Gasteiger partial charge in [-0.3, -0.25) is 4.68 Å². The highest BCUT2D eigenvalue weighted by Crippen LogP contribution is 2.26. The van der Waals surface area contributed by atoms with E-state index in [1.54, 1.807) is 11.0 Å². The molecule has 30 heavy (non-hydrogen) atoms. The van der Waals surface area contributed by atoms with E-state index in [9.17, 15) is 0 Å². The van der Waals surface area contributed by atoms with Crippen molar-refractivity contribution in [2.75, 3.05) is 0 Å². The van der Waals surface area contributed by atoms with Gasteiger partial charge in [-0.05, 0) is 34.0 Å². The number of aryl methyl sites for hydroxylation is 2. The Hall–Kier alpha value is -3.81. The first-order valence-corrected chi connectivity index (χ1v) is 10.1.